The van der Waals surface area contributed by atoms with Crippen LogP contribution in [0.25, 0.3) is 0 Å². The minimum absolute atomic E-state index is 0.00152. The Hall–Kier alpha value is -0.690. The SMILES string of the molecule is C[C@H]1CCC[C@]2(C)C[C@H]3OC(=O)[C@H](CN4CCN(CCO)CC4)[C@H]3[C@@H]3O[C@@]132. The Balaban J connectivity index is 1.30. The summed E-state index contributed by atoms with van der Waals surface area (Å²) < 4.78 is 12.5. The number of epoxide rings is 1. The molecule has 3 aliphatic heterocycles. The van der Waals surface area contributed by atoms with Crippen molar-refractivity contribution >= 4 is 5.97 Å². The Bertz CT molecular complexity index is 607. The highest BCUT2D eigenvalue weighted by atomic mass is 16.6. The Morgan fingerprint density at radius 2 is 1.96 bits per heavy atom. The van der Waals surface area contributed by atoms with Crippen LogP contribution < -0.4 is 0 Å². The lowest BCUT2D eigenvalue weighted by Gasteiger charge is -2.49. The largest absolute Gasteiger partial charge is 0.462 e. The van der Waals surface area contributed by atoms with E-state index >= 15 is 0 Å². The van der Waals surface area contributed by atoms with Crippen molar-refractivity contribution in [3.05, 3.63) is 0 Å². The molecule has 0 unspecified atom stereocenters. The molecule has 5 fully saturated rings. The number of carbonyl (C=O) groups is 1. The number of aliphatic hydroxyl groups is 1. The lowest BCUT2D eigenvalue weighted by atomic mass is 9.53. The third-order valence-electron chi connectivity index (χ3n) is 8.53. The molecule has 0 aromatic carbocycles. The molecule has 0 radical (unpaired) electrons. The highest BCUT2D eigenvalue weighted by Gasteiger charge is 2.78. The number of piperazine rings is 1. The van der Waals surface area contributed by atoms with Gasteiger partial charge in [0, 0.05) is 50.6 Å². The third-order valence-corrected chi connectivity index (χ3v) is 8.53. The minimum atomic E-state index is -0.0394. The molecular formula is C21H34N2O4. The number of β-amino-alcohol motifs (C(OH)–C–C–N with tert-alkyl or cyclic N) is 1. The van der Waals surface area contributed by atoms with Crippen LogP contribution >= 0.6 is 0 Å². The van der Waals surface area contributed by atoms with Crippen LogP contribution in [0, 0.1) is 23.2 Å². The molecule has 0 aromatic heterocycles. The second-order valence-corrected chi connectivity index (χ2v) is 9.91. The summed E-state index contributed by atoms with van der Waals surface area (Å²) in [4.78, 5) is 17.5. The number of esters is 1. The van der Waals surface area contributed by atoms with Crippen LogP contribution in [0.5, 0.6) is 0 Å². The monoisotopic (exact) mass is 378 g/mol. The number of hydrogen-bond donors (Lipinski definition) is 1. The first-order chi connectivity index (χ1) is 13.0. The standard InChI is InChI=1S/C21H34N2O4/c1-14-4-3-5-20(2)12-16-17(18-21(14,20)27-18)15(19(25)26-16)13-23-8-6-22(7-9-23)10-11-24/h14-18,24H,3-13H2,1-2H3/t14-,15+,16+,17+,18-,20+,21-/m0/s1. The molecule has 1 N–H and O–H groups in total. The van der Waals surface area contributed by atoms with Gasteiger partial charge in [0.2, 0.25) is 0 Å². The number of nitrogens with zero attached hydrogens (tertiary/aromatic N) is 2. The van der Waals surface area contributed by atoms with Gasteiger partial charge in [0.1, 0.15) is 11.7 Å². The van der Waals surface area contributed by atoms with Gasteiger partial charge >= 0.3 is 5.97 Å². The smallest absolute Gasteiger partial charge is 0.311 e. The molecule has 5 rings (SSSR count). The number of fused-ring (bicyclic) bond motifs is 2. The number of hydrogen-bond acceptors (Lipinski definition) is 6. The average molecular weight is 379 g/mol. The molecular weight excluding hydrogens is 344 g/mol. The normalized spacial score (nSPS) is 49.9. The summed E-state index contributed by atoms with van der Waals surface area (Å²) in [6.07, 6.45) is 4.95. The lowest BCUT2D eigenvalue weighted by molar-refractivity contribution is -0.146. The van der Waals surface area contributed by atoms with Gasteiger partial charge in [0.05, 0.1) is 18.6 Å². The van der Waals surface area contributed by atoms with Gasteiger partial charge < -0.3 is 14.6 Å². The zero-order valence-corrected chi connectivity index (χ0v) is 16.7. The fraction of sp³-hybridized carbons (Fsp3) is 0.952. The van der Waals surface area contributed by atoms with E-state index in [1.54, 1.807) is 0 Å². The molecule has 2 aliphatic carbocycles. The summed E-state index contributed by atoms with van der Waals surface area (Å²) >= 11 is 0. The number of aliphatic hydroxyl groups excluding tert-OH is 1. The molecule has 152 valence electrons. The molecule has 5 aliphatic rings. The number of rotatable bonds is 4. The zero-order chi connectivity index (χ0) is 18.8. The van der Waals surface area contributed by atoms with Crippen LogP contribution in [-0.4, -0.2) is 84.6 Å². The van der Waals surface area contributed by atoms with E-state index in [2.05, 4.69) is 23.6 Å². The van der Waals surface area contributed by atoms with Gasteiger partial charge in [-0.3, -0.25) is 14.6 Å². The molecule has 3 heterocycles. The molecule has 7 atom stereocenters. The van der Waals surface area contributed by atoms with Gasteiger partial charge in [0.15, 0.2) is 0 Å². The van der Waals surface area contributed by atoms with Gasteiger partial charge in [-0.1, -0.05) is 20.3 Å². The molecule has 27 heavy (non-hydrogen) atoms. The highest BCUT2D eigenvalue weighted by molar-refractivity contribution is 5.76. The van der Waals surface area contributed by atoms with E-state index < -0.39 is 0 Å². The van der Waals surface area contributed by atoms with E-state index in [0.717, 1.165) is 45.7 Å². The molecule has 3 saturated heterocycles. The molecule has 0 aromatic rings. The van der Waals surface area contributed by atoms with E-state index in [4.69, 9.17) is 14.6 Å². The maximum absolute atomic E-state index is 12.8. The molecule has 6 heteroatoms. The van der Waals surface area contributed by atoms with Gasteiger partial charge in [-0.15, -0.1) is 0 Å². The summed E-state index contributed by atoms with van der Waals surface area (Å²) in [6, 6.07) is 0. The Morgan fingerprint density at radius 3 is 2.70 bits per heavy atom. The van der Waals surface area contributed by atoms with Crippen molar-refractivity contribution in [2.24, 2.45) is 23.2 Å². The van der Waals surface area contributed by atoms with Crippen molar-refractivity contribution < 1.29 is 19.4 Å². The molecule has 0 bridgehead atoms. The van der Waals surface area contributed by atoms with Crippen LogP contribution in [0.4, 0.5) is 0 Å². The average Bonchev–Trinajstić information content (AvgIpc) is 3.32. The zero-order valence-electron chi connectivity index (χ0n) is 16.7. The van der Waals surface area contributed by atoms with Crippen molar-refractivity contribution in [1.82, 2.24) is 9.80 Å². The summed E-state index contributed by atoms with van der Waals surface area (Å²) in [5.74, 6) is 0.785. The van der Waals surface area contributed by atoms with E-state index in [0.29, 0.717) is 5.92 Å². The first kappa shape index (κ1) is 18.3. The maximum Gasteiger partial charge on any atom is 0.311 e. The second kappa shape index (κ2) is 6.41. The van der Waals surface area contributed by atoms with Gasteiger partial charge in [-0.2, -0.15) is 0 Å². The summed E-state index contributed by atoms with van der Waals surface area (Å²) in [5, 5.41) is 9.12. The van der Waals surface area contributed by atoms with E-state index in [1.807, 2.05) is 0 Å². The van der Waals surface area contributed by atoms with Crippen molar-refractivity contribution in [2.75, 3.05) is 45.9 Å². The summed E-state index contributed by atoms with van der Waals surface area (Å²) in [6.45, 7) is 10.4. The predicted molar refractivity (Wildman–Crippen MR) is 100 cm³/mol. The van der Waals surface area contributed by atoms with Crippen LogP contribution in [0.2, 0.25) is 0 Å². The minimum Gasteiger partial charge on any atom is -0.462 e. The highest BCUT2D eigenvalue weighted by Crippen LogP contribution is 2.70. The fourth-order valence-electron chi connectivity index (χ4n) is 7.06. The van der Waals surface area contributed by atoms with Crippen LogP contribution in [0.3, 0.4) is 0 Å². The van der Waals surface area contributed by atoms with E-state index in [1.165, 1.54) is 19.3 Å². The maximum atomic E-state index is 12.8. The topological polar surface area (TPSA) is 65.5 Å². The molecule has 0 amide bonds. The van der Waals surface area contributed by atoms with Crippen LogP contribution in [0.1, 0.15) is 39.5 Å². The van der Waals surface area contributed by atoms with Crippen molar-refractivity contribution in [1.29, 1.82) is 0 Å². The van der Waals surface area contributed by atoms with Gasteiger partial charge in [0.25, 0.3) is 0 Å². The molecule has 6 nitrogen and oxygen atoms in total. The molecule has 2 saturated carbocycles. The molecule has 1 spiro atoms. The van der Waals surface area contributed by atoms with Crippen molar-refractivity contribution in [2.45, 2.75) is 57.3 Å². The Morgan fingerprint density at radius 1 is 1.22 bits per heavy atom. The van der Waals surface area contributed by atoms with Gasteiger partial charge in [-0.25, -0.2) is 0 Å². The Kier molecular flexibility index (Phi) is 4.35. The third kappa shape index (κ3) is 2.63. The summed E-state index contributed by atoms with van der Waals surface area (Å²) in [5.41, 5.74) is 0.167. The first-order valence-electron chi connectivity index (χ1n) is 10.9. The number of carbonyl (C=O) groups excluding carboxylic acids is 1. The first-order valence-corrected chi connectivity index (χ1v) is 10.9. The fourth-order valence-corrected chi connectivity index (χ4v) is 7.06. The van der Waals surface area contributed by atoms with Crippen LogP contribution in [-0.2, 0) is 14.3 Å². The van der Waals surface area contributed by atoms with Crippen LogP contribution in [0.15, 0.2) is 0 Å². The van der Waals surface area contributed by atoms with E-state index in [-0.39, 0.29) is 47.6 Å². The predicted octanol–water partition coefficient (Wildman–Crippen LogP) is 1.12. The van der Waals surface area contributed by atoms with Crippen molar-refractivity contribution in [3.63, 3.8) is 0 Å². The van der Waals surface area contributed by atoms with E-state index in [9.17, 15) is 4.79 Å². The van der Waals surface area contributed by atoms with Gasteiger partial charge in [-0.05, 0) is 25.2 Å². The Labute approximate surface area is 162 Å². The lowest BCUT2D eigenvalue weighted by Crippen LogP contribution is -2.55. The van der Waals surface area contributed by atoms with Crippen molar-refractivity contribution in [3.8, 4) is 0 Å². The summed E-state index contributed by atoms with van der Waals surface area (Å²) in [7, 11) is 0. The second-order valence-electron chi connectivity index (χ2n) is 9.91. The number of ether oxygens (including phenoxy) is 2. The quantitative estimate of drug-likeness (QED) is 0.584.